The second kappa shape index (κ2) is 11.5. The fourth-order valence-corrected chi connectivity index (χ4v) is 1.80. The van der Waals surface area contributed by atoms with Gasteiger partial charge >= 0.3 is 0 Å². The van der Waals surface area contributed by atoms with Crippen molar-refractivity contribution in [2.45, 2.75) is 27.3 Å². The maximum atomic E-state index is 5.77. The van der Waals surface area contributed by atoms with Crippen LogP contribution in [-0.4, -0.2) is 39.6 Å². The van der Waals surface area contributed by atoms with Crippen LogP contribution in [0.1, 0.15) is 26.3 Å². The van der Waals surface area contributed by atoms with Crippen molar-refractivity contribution in [1.82, 2.24) is 5.32 Å². The lowest BCUT2D eigenvalue weighted by Crippen LogP contribution is -2.15. The third-order valence-electron chi connectivity index (χ3n) is 2.85. The van der Waals surface area contributed by atoms with E-state index in [-0.39, 0.29) is 0 Å². The molecule has 4 nitrogen and oxygen atoms in total. The molecule has 1 aromatic rings. The van der Waals surface area contributed by atoms with Crippen molar-refractivity contribution in [1.29, 1.82) is 0 Å². The molecule has 120 valence electrons. The molecule has 4 heteroatoms. The summed E-state index contributed by atoms with van der Waals surface area (Å²) in [5.41, 5.74) is 1.18. The summed E-state index contributed by atoms with van der Waals surface area (Å²) in [5, 5.41) is 3.31. The first-order valence-electron chi connectivity index (χ1n) is 7.81. The molecule has 0 fully saturated rings. The largest absolute Gasteiger partial charge is 0.491 e. The predicted molar refractivity (Wildman–Crippen MR) is 85.8 cm³/mol. The summed E-state index contributed by atoms with van der Waals surface area (Å²) in [5.74, 6) is 1.50. The molecule has 0 saturated heterocycles. The fourth-order valence-electron chi connectivity index (χ4n) is 1.80. The Morgan fingerprint density at radius 2 is 1.71 bits per heavy atom. The van der Waals surface area contributed by atoms with Crippen molar-refractivity contribution in [2.24, 2.45) is 5.92 Å². The lowest BCUT2D eigenvalue weighted by atomic mass is 10.2. The van der Waals surface area contributed by atoms with Crippen LogP contribution in [0, 0.1) is 5.92 Å². The Morgan fingerprint density at radius 3 is 2.48 bits per heavy atom. The number of para-hydroxylation sites is 1. The normalized spacial score (nSPS) is 11.0. The lowest BCUT2D eigenvalue weighted by molar-refractivity contribution is 0.0281. The molecule has 0 aliphatic heterocycles. The molecule has 0 spiro atoms. The van der Waals surface area contributed by atoms with Crippen molar-refractivity contribution >= 4 is 0 Å². The van der Waals surface area contributed by atoms with Gasteiger partial charge in [-0.25, -0.2) is 0 Å². The zero-order valence-electron chi connectivity index (χ0n) is 13.6. The van der Waals surface area contributed by atoms with E-state index in [9.17, 15) is 0 Å². The monoisotopic (exact) mass is 295 g/mol. The van der Waals surface area contributed by atoms with E-state index < -0.39 is 0 Å². The van der Waals surface area contributed by atoms with E-state index in [0.717, 1.165) is 25.4 Å². The summed E-state index contributed by atoms with van der Waals surface area (Å²) in [4.78, 5) is 0. The summed E-state index contributed by atoms with van der Waals surface area (Å²) >= 11 is 0. The molecular weight excluding hydrogens is 266 g/mol. The smallest absolute Gasteiger partial charge is 0.123 e. The Balaban J connectivity index is 2.12. The minimum Gasteiger partial charge on any atom is -0.491 e. The molecule has 1 aromatic carbocycles. The molecule has 21 heavy (non-hydrogen) atoms. The minimum atomic E-state index is 0.563. The second-order valence-corrected chi connectivity index (χ2v) is 5.32. The average molecular weight is 295 g/mol. The standard InChI is InChI=1S/C17H29NO3/c1-4-18-13-16-7-5-6-8-17(16)21-12-11-19-9-10-20-14-15(2)3/h5-8,15,18H,4,9-14H2,1-3H3. The third kappa shape index (κ3) is 8.71. The van der Waals surface area contributed by atoms with Gasteiger partial charge in [-0.2, -0.15) is 0 Å². The number of nitrogens with one attached hydrogen (secondary N) is 1. The Bertz CT molecular complexity index is 369. The van der Waals surface area contributed by atoms with Gasteiger partial charge in [0.2, 0.25) is 0 Å². The van der Waals surface area contributed by atoms with Crippen molar-refractivity contribution in [3.63, 3.8) is 0 Å². The van der Waals surface area contributed by atoms with E-state index in [1.54, 1.807) is 0 Å². The summed E-state index contributed by atoms with van der Waals surface area (Å²) in [6.45, 7) is 11.4. The quantitative estimate of drug-likeness (QED) is 0.602. The van der Waals surface area contributed by atoms with E-state index >= 15 is 0 Å². The summed E-state index contributed by atoms with van der Waals surface area (Å²) in [7, 11) is 0. The van der Waals surface area contributed by atoms with Crippen LogP contribution in [0.4, 0.5) is 0 Å². The maximum absolute atomic E-state index is 5.77. The highest BCUT2D eigenvalue weighted by Gasteiger charge is 2.02. The van der Waals surface area contributed by atoms with Gasteiger partial charge in [0, 0.05) is 18.7 Å². The first-order valence-corrected chi connectivity index (χ1v) is 7.81. The Labute approximate surface area is 128 Å². The molecule has 0 heterocycles. The molecule has 0 amide bonds. The van der Waals surface area contributed by atoms with Crippen LogP contribution >= 0.6 is 0 Å². The maximum Gasteiger partial charge on any atom is 0.123 e. The van der Waals surface area contributed by atoms with E-state index in [0.29, 0.717) is 32.3 Å². The van der Waals surface area contributed by atoms with Gasteiger partial charge in [0.25, 0.3) is 0 Å². The van der Waals surface area contributed by atoms with Gasteiger partial charge in [0.05, 0.1) is 19.8 Å². The van der Waals surface area contributed by atoms with E-state index in [1.165, 1.54) is 5.56 Å². The van der Waals surface area contributed by atoms with Gasteiger partial charge in [-0.1, -0.05) is 39.0 Å². The molecule has 0 aliphatic rings. The number of rotatable bonds is 12. The van der Waals surface area contributed by atoms with Crippen LogP contribution < -0.4 is 10.1 Å². The molecule has 0 radical (unpaired) electrons. The molecule has 0 aliphatic carbocycles. The fraction of sp³-hybridized carbons (Fsp3) is 0.647. The molecular formula is C17H29NO3. The summed E-state index contributed by atoms with van der Waals surface area (Å²) < 4.78 is 16.7. The zero-order chi connectivity index (χ0) is 15.3. The molecule has 1 rings (SSSR count). The molecule has 0 bridgehead atoms. The topological polar surface area (TPSA) is 39.7 Å². The highest BCUT2D eigenvalue weighted by molar-refractivity contribution is 5.33. The Kier molecular flexibility index (Phi) is 9.87. The Morgan fingerprint density at radius 1 is 1.00 bits per heavy atom. The highest BCUT2D eigenvalue weighted by atomic mass is 16.5. The van der Waals surface area contributed by atoms with Crippen LogP contribution in [0.25, 0.3) is 0 Å². The first-order chi connectivity index (χ1) is 10.2. The second-order valence-electron chi connectivity index (χ2n) is 5.32. The molecule has 1 N–H and O–H groups in total. The van der Waals surface area contributed by atoms with Gasteiger partial charge in [0.1, 0.15) is 12.4 Å². The number of ether oxygens (including phenoxy) is 3. The molecule has 0 unspecified atom stereocenters. The summed E-state index contributed by atoms with van der Waals surface area (Å²) in [6.07, 6.45) is 0. The van der Waals surface area contributed by atoms with Crippen molar-refractivity contribution in [3.05, 3.63) is 29.8 Å². The van der Waals surface area contributed by atoms with Crippen molar-refractivity contribution < 1.29 is 14.2 Å². The van der Waals surface area contributed by atoms with Crippen molar-refractivity contribution in [2.75, 3.05) is 39.6 Å². The summed E-state index contributed by atoms with van der Waals surface area (Å²) in [6, 6.07) is 8.10. The van der Waals surface area contributed by atoms with Crippen molar-refractivity contribution in [3.8, 4) is 5.75 Å². The van der Waals surface area contributed by atoms with Gasteiger partial charge in [-0.3, -0.25) is 0 Å². The van der Waals surface area contributed by atoms with E-state index in [4.69, 9.17) is 14.2 Å². The first kappa shape index (κ1) is 18.0. The number of benzene rings is 1. The van der Waals surface area contributed by atoms with Gasteiger partial charge < -0.3 is 19.5 Å². The van der Waals surface area contributed by atoms with Crippen LogP contribution in [-0.2, 0) is 16.0 Å². The van der Waals surface area contributed by atoms with Crippen LogP contribution in [0.2, 0.25) is 0 Å². The zero-order valence-corrected chi connectivity index (χ0v) is 13.6. The number of hydrogen-bond donors (Lipinski definition) is 1. The third-order valence-corrected chi connectivity index (χ3v) is 2.85. The predicted octanol–water partition coefficient (Wildman–Crippen LogP) is 2.86. The highest BCUT2D eigenvalue weighted by Crippen LogP contribution is 2.17. The van der Waals surface area contributed by atoms with Gasteiger partial charge in [-0.15, -0.1) is 0 Å². The van der Waals surface area contributed by atoms with Gasteiger partial charge in [0.15, 0.2) is 0 Å². The number of hydrogen-bond acceptors (Lipinski definition) is 4. The molecule has 0 saturated carbocycles. The van der Waals surface area contributed by atoms with E-state index in [2.05, 4.69) is 32.2 Å². The van der Waals surface area contributed by atoms with Crippen LogP contribution in [0.5, 0.6) is 5.75 Å². The molecule has 0 aromatic heterocycles. The molecule has 0 atom stereocenters. The van der Waals surface area contributed by atoms with Crippen LogP contribution in [0.3, 0.4) is 0 Å². The van der Waals surface area contributed by atoms with Crippen LogP contribution in [0.15, 0.2) is 24.3 Å². The van der Waals surface area contributed by atoms with E-state index in [1.807, 2.05) is 18.2 Å². The lowest BCUT2D eigenvalue weighted by Gasteiger charge is -2.12. The Hall–Kier alpha value is -1.10. The minimum absolute atomic E-state index is 0.563. The van der Waals surface area contributed by atoms with Gasteiger partial charge in [-0.05, 0) is 18.5 Å². The SMILES string of the molecule is CCNCc1ccccc1OCCOCCOCC(C)C. The average Bonchev–Trinajstić information content (AvgIpc) is 2.48.